The lowest BCUT2D eigenvalue weighted by molar-refractivity contribution is 0.249. The maximum atomic E-state index is 12.2. The van der Waals surface area contributed by atoms with E-state index in [0.29, 0.717) is 12.1 Å². The summed E-state index contributed by atoms with van der Waals surface area (Å²) in [6, 6.07) is 7.20. The minimum absolute atomic E-state index is 0.0344. The number of hydrogen-bond acceptors (Lipinski definition) is 4. The fourth-order valence-corrected chi connectivity index (χ4v) is 2.64. The van der Waals surface area contributed by atoms with Crippen LogP contribution in [0.2, 0.25) is 0 Å². The quantitative estimate of drug-likeness (QED) is 0.681. The SMILES string of the molecule is Cc1cc(CC(C)NC(=O)Nc2ccc3nc(C)c(C)nc3c2)n[nH]1. The fraction of sp³-hybridized carbons (Fsp3) is 0.333. The summed E-state index contributed by atoms with van der Waals surface area (Å²) in [6.07, 6.45) is 0.666. The van der Waals surface area contributed by atoms with E-state index >= 15 is 0 Å². The molecule has 0 radical (unpaired) electrons. The van der Waals surface area contributed by atoms with Gasteiger partial charge < -0.3 is 10.6 Å². The first kappa shape index (κ1) is 16.9. The number of aromatic nitrogens is 4. The van der Waals surface area contributed by atoms with Crippen LogP contribution >= 0.6 is 0 Å². The fourth-order valence-electron chi connectivity index (χ4n) is 2.64. The third-order valence-electron chi connectivity index (χ3n) is 3.99. The Bertz CT molecular complexity index is 917. The number of rotatable bonds is 4. The number of carbonyl (C=O) groups excluding carboxylic acids is 1. The summed E-state index contributed by atoms with van der Waals surface area (Å²) in [5.41, 5.74) is 6.00. The highest BCUT2D eigenvalue weighted by atomic mass is 16.2. The molecule has 2 aromatic heterocycles. The minimum Gasteiger partial charge on any atom is -0.335 e. The van der Waals surface area contributed by atoms with Crippen LogP contribution in [0, 0.1) is 20.8 Å². The maximum Gasteiger partial charge on any atom is 0.319 e. The van der Waals surface area contributed by atoms with E-state index in [4.69, 9.17) is 0 Å². The van der Waals surface area contributed by atoms with Crippen LogP contribution in [0.3, 0.4) is 0 Å². The van der Waals surface area contributed by atoms with Gasteiger partial charge in [-0.15, -0.1) is 0 Å². The number of H-pyrrole nitrogens is 1. The molecule has 0 fully saturated rings. The molecule has 0 aliphatic rings. The van der Waals surface area contributed by atoms with Gasteiger partial charge in [-0.3, -0.25) is 5.10 Å². The van der Waals surface area contributed by atoms with Crippen LogP contribution in [0.15, 0.2) is 24.3 Å². The second-order valence-electron chi connectivity index (χ2n) is 6.34. The Labute approximate surface area is 146 Å². The zero-order valence-corrected chi connectivity index (χ0v) is 14.8. The van der Waals surface area contributed by atoms with Crippen molar-refractivity contribution in [2.24, 2.45) is 0 Å². The highest BCUT2D eigenvalue weighted by Crippen LogP contribution is 2.17. The van der Waals surface area contributed by atoms with Crippen LogP contribution < -0.4 is 10.6 Å². The lowest BCUT2D eigenvalue weighted by Crippen LogP contribution is -2.37. The largest absolute Gasteiger partial charge is 0.335 e. The first-order chi connectivity index (χ1) is 11.9. The first-order valence-corrected chi connectivity index (χ1v) is 8.24. The molecular weight excluding hydrogens is 316 g/mol. The Morgan fingerprint density at radius 2 is 1.84 bits per heavy atom. The lowest BCUT2D eigenvalue weighted by atomic mass is 10.2. The van der Waals surface area contributed by atoms with Crippen LogP contribution in [-0.2, 0) is 6.42 Å². The van der Waals surface area contributed by atoms with Gasteiger partial charge in [-0.1, -0.05) is 0 Å². The van der Waals surface area contributed by atoms with Gasteiger partial charge >= 0.3 is 6.03 Å². The van der Waals surface area contributed by atoms with E-state index in [1.54, 1.807) is 0 Å². The molecule has 2 heterocycles. The van der Waals surface area contributed by atoms with E-state index in [9.17, 15) is 4.79 Å². The van der Waals surface area contributed by atoms with Gasteiger partial charge in [0.05, 0.1) is 28.1 Å². The van der Waals surface area contributed by atoms with E-state index in [1.807, 2.05) is 52.0 Å². The molecule has 0 aliphatic heterocycles. The number of nitrogens with one attached hydrogen (secondary N) is 3. The molecule has 0 aliphatic carbocycles. The van der Waals surface area contributed by atoms with Crippen molar-refractivity contribution in [2.45, 2.75) is 40.2 Å². The molecule has 7 nitrogen and oxygen atoms in total. The molecule has 7 heteroatoms. The number of carbonyl (C=O) groups is 1. The van der Waals surface area contributed by atoms with Crippen molar-refractivity contribution >= 4 is 22.8 Å². The topological polar surface area (TPSA) is 95.6 Å². The molecule has 3 aromatic rings. The molecule has 1 atom stereocenters. The van der Waals surface area contributed by atoms with Crippen LogP contribution in [0.25, 0.3) is 11.0 Å². The van der Waals surface area contributed by atoms with Crippen LogP contribution in [-0.4, -0.2) is 32.2 Å². The van der Waals surface area contributed by atoms with Gasteiger partial charge in [0.2, 0.25) is 0 Å². The van der Waals surface area contributed by atoms with Gasteiger partial charge in [0, 0.05) is 23.8 Å². The van der Waals surface area contributed by atoms with Crippen molar-refractivity contribution in [3.63, 3.8) is 0 Å². The average molecular weight is 338 g/mol. The first-order valence-electron chi connectivity index (χ1n) is 8.24. The predicted octanol–water partition coefficient (Wildman–Crippen LogP) is 3.03. The van der Waals surface area contributed by atoms with Crippen LogP contribution in [0.1, 0.15) is 29.7 Å². The summed E-state index contributed by atoms with van der Waals surface area (Å²) >= 11 is 0. The zero-order chi connectivity index (χ0) is 18.0. The molecule has 1 unspecified atom stereocenters. The van der Waals surface area contributed by atoms with E-state index < -0.39 is 0 Å². The Hall–Kier alpha value is -2.96. The molecule has 0 saturated carbocycles. The normalized spacial score (nSPS) is 12.2. The Kier molecular flexibility index (Phi) is 4.65. The van der Waals surface area contributed by atoms with Crippen molar-refractivity contribution < 1.29 is 4.79 Å². The highest BCUT2D eigenvalue weighted by Gasteiger charge is 2.11. The number of nitrogens with zero attached hydrogens (tertiary/aromatic N) is 3. The number of aromatic amines is 1. The Morgan fingerprint density at radius 3 is 2.52 bits per heavy atom. The third-order valence-corrected chi connectivity index (χ3v) is 3.99. The van der Waals surface area contributed by atoms with Crippen molar-refractivity contribution in [2.75, 3.05) is 5.32 Å². The summed E-state index contributed by atoms with van der Waals surface area (Å²) in [4.78, 5) is 21.2. The van der Waals surface area contributed by atoms with Gasteiger partial charge in [-0.25, -0.2) is 14.8 Å². The van der Waals surface area contributed by atoms with Crippen molar-refractivity contribution in [1.29, 1.82) is 0 Å². The number of anilines is 1. The summed E-state index contributed by atoms with van der Waals surface area (Å²) in [7, 11) is 0. The molecule has 130 valence electrons. The van der Waals surface area contributed by atoms with Crippen molar-refractivity contribution in [3.8, 4) is 0 Å². The summed E-state index contributed by atoms with van der Waals surface area (Å²) in [5, 5.41) is 12.8. The summed E-state index contributed by atoms with van der Waals surface area (Å²) in [6.45, 7) is 7.76. The second-order valence-corrected chi connectivity index (χ2v) is 6.34. The van der Waals surface area contributed by atoms with Crippen LogP contribution in [0.5, 0.6) is 0 Å². The second kappa shape index (κ2) is 6.88. The molecule has 3 rings (SSSR count). The van der Waals surface area contributed by atoms with Gasteiger partial charge in [0.15, 0.2) is 0 Å². The minimum atomic E-state index is -0.254. The Balaban J connectivity index is 1.64. The van der Waals surface area contributed by atoms with Gasteiger partial charge in [-0.05, 0) is 52.0 Å². The number of aryl methyl sites for hydroxylation is 3. The number of benzene rings is 1. The average Bonchev–Trinajstić information content (AvgIpc) is 2.93. The molecule has 2 amide bonds. The van der Waals surface area contributed by atoms with E-state index in [1.165, 1.54) is 0 Å². The molecule has 0 bridgehead atoms. The van der Waals surface area contributed by atoms with Crippen molar-refractivity contribution in [1.82, 2.24) is 25.5 Å². The zero-order valence-electron chi connectivity index (χ0n) is 14.8. The predicted molar refractivity (Wildman–Crippen MR) is 97.7 cm³/mol. The molecule has 25 heavy (non-hydrogen) atoms. The van der Waals surface area contributed by atoms with E-state index in [-0.39, 0.29) is 12.1 Å². The lowest BCUT2D eigenvalue weighted by Gasteiger charge is -2.14. The smallest absolute Gasteiger partial charge is 0.319 e. The maximum absolute atomic E-state index is 12.2. The molecule has 0 spiro atoms. The van der Waals surface area contributed by atoms with Gasteiger partial charge in [0.25, 0.3) is 0 Å². The standard InChI is InChI=1S/C18H22N6O/c1-10(7-15-8-11(2)23-24-15)19-18(25)22-14-5-6-16-17(9-14)21-13(4)12(3)20-16/h5-6,8-10H,7H2,1-4H3,(H,23,24)(H2,19,22,25). The number of amides is 2. The van der Waals surface area contributed by atoms with E-state index in [0.717, 1.165) is 33.8 Å². The number of urea groups is 1. The monoisotopic (exact) mass is 338 g/mol. The molecule has 0 saturated heterocycles. The molecular formula is C18H22N6O. The van der Waals surface area contributed by atoms with Crippen LogP contribution in [0.4, 0.5) is 10.5 Å². The molecule has 3 N–H and O–H groups in total. The summed E-state index contributed by atoms with van der Waals surface area (Å²) < 4.78 is 0. The summed E-state index contributed by atoms with van der Waals surface area (Å²) in [5.74, 6) is 0. The third kappa shape index (κ3) is 4.12. The molecule has 1 aromatic carbocycles. The van der Waals surface area contributed by atoms with Gasteiger partial charge in [0.1, 0.15) is 0 Å². The highest BCUT2D eigenvalue weighted by molar-refractivity contribution is 5.92. The number of hydrogen-bond donors (Lipinski definition) is 3. The Morgan fingerprint density at radius 1 is 1.12 bits per heavy atom. The van der Waals surface area contributed by atoms with Gasteiger partial charge in [-0.2, -0.15) is 5.10 Å². The van der Waals surface area contributed by atoms with E-state index in [2.05, 4.69) is 30.8 Å². The number of fused-ring (bicyclic) bond motifs is 1. The van der Waals surface area contributed by atoms with Crippen molar-refractivity contribution in [3.05, 3.63) is 47.0 Å².